The third-order valence-corrected chi connectivity index (χ3v) is 2.44. The highest BCUT2D eigenvalue weighted by Crippen LogP contribution is 2.22. The predicted molar refractivity (Wildman–Crippen MR) is 54.5 cm³/mol. The molecule has 1 aliphatic heterocycles. The zero-order valence-corrected chi connectivity index (χ0v) is 9.09. The lowest BCUT2D eigenvalue weighted by Crippen LogP contribution is -2.63. The van der Waals surface area contributed by atoms with Crippen molar-refractivity contribution in [3.05, 3.63) is 10.4 Å². The van der Waals surface area contributed by atoms with Gasteiger partial charge >= 0.3 is 0 Å². The van der Waals surface area contributed by atoms with Crippen molar-refractivity contribution in [3.8, 4) is 0 Å². The number of hydrogen-bond acceptors (Lipinski definition) is 6. The van der Waals surface area contributed by atoms with E-state index in [1.807, 2.05) is 0 Å². The standard InChI is InChI=1S/C8H14N4O5/c1-3(14)10-5-7(16)6(15)4(2-13)17-8(5)11-12-9/h4-8,13,15-16H,2H2,1H3,(H,10,14)/t4?,5?,6-,7-,8-/m1/s1. The molecule has 2 unspecified atom stereocenters. The molecule has 9 nitrogen and oxygen atoms in total. The zero-order chi connectivity index (χ0) is 13.0. The first-order chi connectivity index (χ1) is 8.01. The van der Waals surface area contributed by atoms with Gasteiger partial charge in [0.05, 0.1) is 12.6 Å². The number of aliphatic hydroxyl groups excluding tert-OH is 3. The summed E-state index contributed by atoms with van der Waals surface area (Å²) in [6.07, 6.45) is -5.01. The van der Waals surface area contributed by atoms with Crippen LogP contribution in [0, 0.1) is 0 Å². The minimum Gasteiger partial charge on any atom is -0.394 e. The molecule has 1 aliphatic rings. The Kier molecular flexibility index (Phi) is 4.67. The van der Waals surface area contributed by atoms with Gasteiger partial charge in [0.1, 0.15) is 18.3 Å². The van der Waals surface area contributed by atoms with Gasteiger partial charge in [-0.2, -0.15) is 0 Å². The van der Waals surface area contributed by atoms with Crippen LogP contribution in [-0.4, -0.2) is 58.4 Å². The maximum absolute atomic E-state index is 10.9. The smallest absolute Gasteiger partial charge is 0.217 e. The molecule has 4 N–H and O–H groups in total. The third-order valence-electron chi connectivity index (χ3n) is 2.44. The van der Waals surface area contributed by atoms with Crippen molar-refractivity contribution in [3.63, 3.8) is 0 Å². The van der Waals surface area contributed by atoms with E-state index < -0.39 is 43.1 Å². The van der Waals surface area contributed by atoms with Gasteiger partial charge in [0.25, 0.3) is 0 Å². The second kappa shape index (κ2) is 5.80. The Bertz CT molecular complexity index is 332. The molecule has 96 valence electrons. The zero-order valence-electron chi connectivity index (χ0n) is 9.09. The van der Waals surface area contributed by atoms with Crippen LogP contribution < -0.4 is 5.32 Å². The van der Waals surface area contributed by atoms with Crippen LogP contribution in [0.3, 0.4) is 0 Å². The number of carbonyl (C=O) groups excluding carboxylic acids is 1. The summed E-state index contributed by atoms with van der Waals surface area (Å²) in [6.45, 7) is 0.673. The Morgan fingerprint density at radius 2 is 2.18 bits per heavy atom. The first-order valence-electron chi connectivity index (χ1n) is 4.95. The first kappa shape index (κ1) is 13.7. The van der Waals surface area contributed by atoms with Crippen LogP contribution in [0.1, 0.15) is 6.92 Å². The van der Waals surface area contributed by atoms with Crippen LogP contribution in [0.5, 0.6) is 0 Å². The van der Waals surface area contributed by atoms with E-state index in [1.165, 1.54) is 6.92 Å². The lowest BCUT2D eigenvalue weighted by atomic mass is 9.96. The second-order valence-corrected chi connectivity index (χ2v) is 3.66. The largest absolute Gasteiger partial charge is 0.394 e. The number of rotatable bonds is 3. The van der Waals surface area contributed by atoms with Crippen LogP contribution in [-0.2, 0) is 9.53 Å². The fourth-order valence-corrected chi connectivity index (χ4v) is 1.64. The molecule has 0 bridgehead atoms. The summed E-state index contributed by atoms with van der Waals surface area (Å²) < 4.78 is 5.08. The summed E-state index contributed by atoms with van der Waals surface area (Å²) in [6, 6.07) is -1.05. The summed E-state index contributed by atoms with van der Waals surface area (Å²) in [5.41, 5.74) is 8.34. The van der Waals surface area contributed by atoms with Crippen molar-refractivity contribution >= 4 is 5.91 Å². The number of carbonyl (C=O) groups is 1. The molecule has 1 rings (SSSR count). The van der Waals surface area contributed by atoms with Gasteiger partial charge < -0.3 is 25.4 Å². The van der Waals surface area contributed by atoms with Gasteiger partial charge in [-0.15, -0.1) is 0 Å². The van der Waals surface area contributed by atoms with Crippen LogP contribution in [0.25, 0.3) is 10.4 Å². The van der Waals surface area contributed by atoms with Crippen LogP contribution in [0.4, 0.5) is 0 Å². The highest BCUT2D eigenvalue weighted by atomic mass is 16.5. The van der Waals surface area contributed by atoms with E-state index in [1.54, 1.807) is 0 Å². The molecule has 5 atom stereocenters. The van der Waals surface area contributed by atoms with Gasteiger partial charge in [-0.05, 0) is 5.53 Å². The number of aliphatic hydroxyl groups is 3. The minimum atomic E-state index is -1.39. The molecule has 17 heavy (non-hydrogen) atoms. The molecule has 0 spiro atoms. The van der Waals surface area contributed by atoms with Gasteiger partial charge in [0, 0.05) is 11.8 Å². The topological polar surface area (TPSA) is 148 Å². The van der Waals surface area contributed by atoms with Gasteiger partial charge in [0.15, 0.2) is 6.23 Å². The molecule has 0 aromatic rings. The van der Waals surface area contributed by atoms with Crippen molar-refractivity contribution in [1.82, 2.24) is 5.32 Å². The van der Waals surface area contributed by atoms with Gasteiger partial charge in [-0.1, -0.05) is 5.11 Å². The summed E-state index contributed by atoms with van der Waals surface area (Å²) in [5.74, 6) is -0.467. The minimum absolute atomic E-state index is 0.467. The van der Waals surface area contributed by atoms with E-state index in [9.17, 15) is 15.0 Å². The molecule has 0 radical (unpaired) electrons. The van der Waals surface area contributed by atoms with Gasteiger partial charge in [-0.25, -0.2) is 0 Å². The number of ether oxygens (including phenoxy) is 1. The number of azide groups is 1. The van der Waals surface area contributed by atoms with Crippen molar-refractivity contribution in [2.24, 2.45) is 5.11 Å². The Labute approximate surface area is 96.6 Å². The van der Waals surface area contributed by atoms with Crippen molar-refractivity contribution in [1.29, 1.82) is 0 Å². The third kappa shape index (κ3) is 3.05. The average Bonchev–Trinajstić information content (AvgIpc) is 2.28. The first-order valence-corrected chi connectivity index (χ1v) is 4.95. The predicted octanol–water partition coefficient (Wildman–Crippen LogP) is -1.76. The quantitative estimate of drug-likeness (QED) is 0.264. The molecular weight excluding hydrogens is 232 g/mol. The van der Waals surface area contributed by atoms with E-state index in [0.29, 0.717) is 0 Å². The summed E-state index contributed by atoms with van der Waals surface area (Å²) >= 11 is 0. The lowest BCUT2D eigenvalue weighted by molar-refractivity contribution is -0.193. The summed E-state index contributed by atoms with van der Waals surface area (Å²) in [4.78, 5) is 13.4. The monoisotopic (exact) mass is 246 g/mol. The van der Waals surface area contributed by atoms with Gasteiger partial charge in [-0.3, -0.25) is 4.79 Å². The van der Waals surface area contributed by atoms with Crippen LogP contribution in [0.2, 0.25) is 0 Å². The highest BCUT2D eigenvalue weighted by molar-refractivity contribution is 5.73. The Morgan fingerprint density at radius 1 is 1.53 bits per heavy atom. The Balaban J connectivity index is 2.90. The fourth-order valence-electron chi connectivity index (χ4n) is 1.64. The second-order valence-electron chi connectivity index (χ2n) is 3.66. The van der Waals surface area contributed by atoms with E-state index in [2.05, 4.69) is 15.3 Å². The molecule has 0 aromatic heterocycles. The highest BCUT2D eigenvalue weighted by Gasteiger charge is 2.44. The Hall–Kier alpha value is -1.38. The molecular formula is C8H14N4O5. The van der Waals surface area contributed by atoms with Crippen LogP contribution in [0.15, 0.2) is 5.11 Å². The molecule has 0 aliphatic carbocycles. The summed E-state index contributed by atoms with van der Waals surface area (Å²) in [5, 5.41) is 33.8. The number of amides is 1. The SMILES string of the molecule is CC(=O)NC1[C@H](N=[N+]=[N-])OC(CO)[C@@H](O)[C@@H]1O. The number of nitrogens with zero attached hydrogens (tertiary/aromatic N) is 3. The van der Waals surface area contributed by atoms with E-state index in [4.69, 9.17) is 15.4 Å². The van der Waals surface area contributed by atoms with E-state index in [-0.39, 0.29) is 0 Å². The van der Waals surface area contributed by atoms with E-state index in [0.717, 1.165) is 0 Å². The molecule has 1 heterocycles. The number of nitrogens with one attached hydrogen (secondary N) is 1. The van der Waals surface area contributed by atoms with Gasteiger partial charge in [0.2, 0.25) is 5.91 Å². The normalized spacial score (nSPS) is 37.1. The molecule has 0 saturated carbocycles. The van der Waals surface area contributed by atoms with Crippen LogP contribution >= 0.6 is 0 Å². The average molecular weight is 246 g/mol. The maximum atomic E-state index is 10.9. The Morgan fingerprint density at radius 3 is 2.65 bits per heavy atom. The lowest BCUT2D eigenvalue weighted by Gasteiger charge is -2.40. The maximum Gasteiger partial charge on any atom is 0.217 e. The molecule has 1 amide bonds. The molecule has 1 saturated heterocycles. The van der Waals surface area contributed by atoms with E-state index >= 15 is 0 Å². The molecule has 9 heteroatoms. The molecule has 0 aromatic carbocycles. The van der Waals surface area contributed by atoms with Crippen molar-refractivity contribution < 1.29 is 24.9 Å². The van der Waals surface area contributed by atoms with Crippen molar-refractivity contribution in [2.45, 2.75) is 37.5 Å². The molecule has 1 fully saturated rings. The summed E-state index contributed by atoms with van der Waals surface area (Å²) in [7, 11) is 0. The van der Waals surface area contributed by atoms with Crippen molar-refractivity contribution in [2.75, 3.05) is 6.61 Å². The fraction of sp³-hybridized carbons (Fsp3) is 0.875. The number of hydrogen-bond donors (Lipinski definition) is 4.